The Morgan fingerprint density at radius 1 is 1.54 bits per heavy atom. The largest absolute Gasteiger partial charge is 0.461 e. The average molecular weight is 223 g/mol. The van der Waals surface area contributed by atoms with Gasteiger partial charge in [-0.05, 0) is 11.6 Å². The van der Waals surface area contributed by atoms with E-state index >= 15 is 0 Å². The normalized spacial score (nSPS) is 43.1. The maximum absolute atomic E-state index is 11.0. The van der Waals surface area contributed by atoms with Gasteiger partial charge in [0, 0.05) is 17.7 Å². The minimum atomic E-state index is -0.439. The number of hydrogen-bond acceptors (Lipinski definition) is 3. The molecule has 0 aromatic heterocycles. The maximum Gasteiger partial charge on any atom is 0.306 e. The first-order chi connectivity index (χ1) is 6.09. The zero-order valence-electron chi connectivity index (χ0n) is 6.70. The second-order valence-electron chi connectivity index (χ2n) is 3.48. The van der Waals surface area contributed by atoms with Gasteiger partial charge in [-0.15, -0.1) is 11.6 Å². The fourth-order valence-electron chi connectivity index (χ4n) is 2.14. The highest BCUT2D eigenvalue weighted by atomic mass is 35.5. The van der Waals surface area contributed by atoms with Gasteiger partial charge in [-0.25, -0.2) is 0 Å². The quantitative estimate of drug-likeness (QED) is 0.382. The Balaban J connectivity index is 2.24. The predicted molar refractivity (Wildman–Crippen MR) is 46.6 cm³/mol. The van der Waals surface area contributed by atoms with E-state index in [-0.39, 0.29) is 29.6 Å². The number of fused-ring (bicyclic) bond motifs is 2. The number of hydrogen-bond donors (Lipinski definition) is 0. The van der Waals surface area contributed by atoms with Crippen LogP contribution in [0.15, 0.2) is 0 Å². The van der Waals surface area contributed by atoms with Gasteiger partial charge in [-0.1, -0.05) is 0 Å². The lowest BCUT2D eigenvalue weighted by atomic mass is 9.91. The molecule has 2 rings (SSSR count). The van der Waals surface area contributed by atoms with Crippen LogP contribution in [0.25, 0.3) is 0 Å². The lowest BCUT2D eigenvalue weighted by Crippen LogP contribution is -2.36. The van der Waals surface area contributed by atoms with Gasteiger partial charge in [0.15, 0.2) is 0 Å². The molecule has 3 nitrogen and oxygen atoms in total. The summed E-state index contributed by atoms with van der Waals surface area (Å²) in [6.07, 6.45) is 0.369. The molecule has 0 radical (unpaired) electrons. The van der Waals surface area contributed by atoms with Gasteiger partial charge in [0.2, 0.25) is 5.24 Å². The van der Waals surface area contributed by atoms with Crippen molar-refractivity contribution in [3.05, 3.63) is 0 Å². The molecule has 5 heteroatoms. The number of esters is 1. The van der Waals surface area contributed by atoms with Crippen LogP contribution in [0.1, 0.15) is 12.8 Å². The Morgan fingerprint density at radius 3 is 2.77 bits per heavy atom. The van der Waals surface area contributed by atoms with Gasteiger partial charge >= 0.3 is 5.97 Å². The molecule has 4 atom stereocenters. The van der Waals surface area contributed by atoms with Crippen LogP contribution < -0.4 is 0 Å². The molecule has 0 N–H and O–H groups in total. The fraction of sp³-hybridized carbons (Fsp3) is 0.750. The van der Waals surface area contributed by atoms with Crippen molar-refractivity contribution < 1.29 is 14.3 Å². The molecule has 0 aromatic rings. The summed E-state index contributed by atoms with van der Waals surface area (Å²) in [5, 5.41) is -0.602. The summed E-state index contributed by atoms with van der Waals surface area (Å²) in [6, 6.07) is 0. The third-order valence-corrected chi connectivity index (χ3v) is 3.48. The first-order valence-electron chi connectivity index (χ1n) is 4.12. The van der Waals surface area contributed by atoms with E-state index in [0.717, 1.165) is 0 Å². The van der Waals surface area contributed by atoms with Crippen LogP contribution in [0.5, 0.6) is 0 Å². The van der Waals surface area contributed by atoms with E-state index in [0.29, 0.717) is 6.42 Å². The van der Waals surface area contributed by atoms with Gasteiger partial charge in [0.25, 0.3) is 0 Å². The Morgan fingerprint density at radius 2 is 2.23 bits per heavy atom. The second-order valence-corrected chi connectivity index (χ2v) is 4.41. The minimum absolute atomic E-state index is 0.127. The SMILES string of the molecule is O=C1CC2C(Cl)CC(O1)C2C(=O)Cl. The van der Waals surface area contributed by atoms with E-state index < -0.39 is 11.3 Å². The smallest absolute Gasteiger partial charge is 0.306 e. The van der Waals surface area contributed by atoms with Crippen molar-refractivity contribution in [2.24, 2.45) is 11.8 Å². The highest BCUT2D eigenvalue weighted by Gasteiger charge is 2.52. The summed E-state index contributed by atoms with van der Waals surface area (Å²) < 4.78 is 4.99. The van der Waals surface area contributed by atoms with E-state index in [9.17, 15) is 9.59 Å². The zero-order chi connectivity index (χ0) is 9.59. The summed E-state index contributed by atoms with van der Waals surface area (Å²) >= 11 is 11.4. The molecule has 2 aliphatic rings. The van der Waals surface area contributed by atoms with Crippen LogP contribution in [-0.2, 0) is 14.3 Å². The van der Waals surface area contributed by atoms with Crippen molar-refractivity contribution in [1.29, 1.82) is 0 Å². The second kappa shape index (κ2) is 3.14. The molecule has 1 saturated carbocycles. The predicted octanol–water partition coefficient (Wildman–Crippen LogP) is 1.31. The Labute approximate surface area is 85.3 Å². The molecule has 2 bridgehead atoms. The van der Waals surface area contributed by atoms with Crippen molar-refractivity contribution in [2.75, 3.05) is 0 Å². The van der Waals surface area contributed by atoms with Crippen molar-refractivity contribution in [3.63, 3.8) is 0 Å². The highest BCUT2D eigenvalue weighted by Crippen LogP contribution is 2.44. The number of ether oxygens (including phenoxy) is 1. The minimum Gasteiger partial charge on any atom is -0.461 e. The van der Waals surface area contributed by atoms with Crippen molar-refractivity contribution in [2.45, 2.75) is 24.3 Å². The molecule has 1 heterocycles. The van der Waals surface area contributed by atoms with Crippen LogP contribution in [0.2, 0.25) is 0 Å². The summed E-state index contributed by atoms with van der Waals surface area (Å²) in [5.74, 6) is -0.785. The molecular weight excluding hydrogens is 215 g/mol. The number of carbonyl (C=O) groups excluding carboxylic acids is 2. The third kappa shape index (κ3) is 1.44. The third-order valence-electron chi connectivity index (χ3n) is 2.73. The molecule has 4 unspecified atom stereocenters. The van der Waals surface area contributed by atoms with E-state index in [2.05, 4.69) is 0 Å². The van der Waals surface area contributed by atoms with Gasteiger partial charge < -0.3 is 4.74 Å². The maximum atomic E-state index is 11.0. The van der Waals surface area contributed by atoms with E-state index in [1.165, 1.54) is 0 Å². The van der Waals surface area contributed by atoms with Crippen LogP contribution in [0.3, 0.4) is 0 Å². The van der Waals surface area contributed by atoms with Crippen LogP contribution in [0.4, 0.5) is 0 Å². The standard InChI is InChI=1S/C8H8Cl2O3/c9-4-2-5-7(8(10)12)3(4)1-6(11)13-5/h3-5,7H,1-2H2. The first kappa shape index (κ1) is 9.28. The molecule has 0 spiro atoms. The number of carbonyl (C=O) groups is 2. The number of alkyl halides is 1. The summed E-state index contributed by atoms with van der Waals surface area (Å²) in [4.78, 5) is 22.0. The van der Waals surface area contributed by atoms with Gasteiger partial charge in [0.1, 0.15) is 6.10 Å². The zero-order valence-corrected chi connectivity index (χ0v) is 8.22. The van der Waals surface area contributed by atoms with E-state index in [1.807, 2.05) is 0 Å². The molecule has 72 valence electrons. The van der Waals surface area contributed by atoms with E-state index in [1.54, 1.807) is 0 Å². The molecule has 2 fully saturated rings. The van der Waals surface area contributed by atoms with Crippen LogP contribution in [0, 0.1) is 11.8 Å². The highest BCUT2D eigenvalue weighted by molar-refractivity contribution is 6.64. The topological polar surface area (TPSA) is 43.4 Å². The fourth-order valence-corrected chi connectivity index (χ4v) is 2.87. The molecule has 1 aliphatic carbocycles. The molecule has 13 heavy (non-hydrogen) atoms. The van der Waals surface area contributed by atoms with Crippen LogP contribution in [-0.4, -0.2) is 22.7 Å². The number of halogens is 2. The number of rotatable bonds is 1. The molecule has 1 saturated heterocycles. The lowest BCUT2D eigenvalue weighted by Gasteiger charge is -2.26. The van der Waals surface area contributed by atoms with Crippen molar-refractivity contribution in [3.8, 4) is 0 Å². The summed E-state index contributed by atoms with van der Waals surface area (Å²) in [6.45, 7) is 0. The van der Waals surface area contributed by atoms with E-state index in [4.69, 9.17) is 27.9 Å². The summed E-state index contributed by atoms with van der Waals surface area (Å²) in [7, 11) is 0. The van der Waals surface area contributed by atoms with Crippen LogP contribution >= 0.6 is 23.2 Å². The first-order valence-corrected chi connectivity index (χ1v) is 4.94. The van der Waals surface area contributed by atoms with Crippen molar-refractivity contribution in [1.82, 2.24) is 0 Å². The average Bonchev–Trinajstić information content (AvgIpc) is 2.21. The van der Waals surface area contributed by atoms with Crippen molar-refractivity contribution >= 4 is 34.4 Å². The monoisotopic (exact) mass is 222 g/mol. The molecule has 0 amide bonds. The molecule has 1 aliphatic heterocycles. The molecule has 0 aromatic carbocycles. The summed E-state index contributed by atoms with van der Waals surface area (Å²) in [5.41, 5.74) is 0. The Bertz CT molecular complexity index is 266. The van der Waals surface area contributed by atoms with Gasteiger partial charge in [0.05, 0.1) is 12.3 Å². The van der Waals surface area contributed by atoms with Gasteiger partial charge in [-0.2, -0.15) is 0 Å². The molecular formula is C8H8Cl2O3. The Hall–Kier alpha value is -0.280. The lowest BCUT2D eigenvalue weighted by molar-refractivity contribution is -0.158. The Kier molecular flexibility index (Phi) is 2.24. The van der Waals surface area contributed by atoms with Gasteiger partial charge in [-0.3, -0.25) is 9.59 Å².